The molecule has 1 aromatic heterocycles. The van der Waals surface area contributed by atoms with Crippen LogP contribution in [0.3, 0.4) is 0 Å². The van der Waals surface area contributed by atoms with Gasteiger partial charge in [0.15, 0.2) is 0 Å². The first-order valence-corrected chi connectivity index (χ1v) is 6.43. The highest BCUT2D eigenvalue weighted by molar-refractivity contribution is 7.11. The first-order chi connectivity index (χ1) is 7.09. The number of likely N-dealkylation sites (tertiary alicyclic amines) is 1. The summed E-state index contributed by atoms with van der Waals surface area (Å²) < 4.78 is 0. The van der Waals surface area contributed by atoms with Gasteiger partial charge in [-0.3, -0.25) is 4.90 Å². The van der Waals surface area contributed by atoms with Gasteiger partial charge >= 0.3 is 0 Å². The number of hydrogen-bond acceptors (Lipinski definition) is 3. The van der Waals surface area contributed by atoms with Crippen LogP contribution in [0.25, 0.3) is 0 Å². The normalized spacial score (nSPS) is 27.4. The lowest BCUT2D eigenvalue weighted by molar-refractivity contribution is 0.0680. The van der Waals surface area contributed by atoms with Gasteiger partial charge in [-0.1, -0.05) is 6.92 Å². The van der Waals surface area contributed by atoms with Gasteiger partial charge in [0.05, 0.1) is 5.60 Å². The summed E-state index contributed by atoms with van der Waals surface area (Å²) in [6.45, 7) is 6.95. The van der Waals surface area contributed by atoms with Crippen molar-refractivity contribution in [1.82, 2.24) is 4.90 Å². The number of β-amino-alcohol motifs (C(OH)–C–C–N with tert-alkyl or cyclic N) is 1. The number of hydrogen-bond donors (Lipinski definition) is 1. The molecule has 0 spiro atoms. The Hall–Kier alpha value is -0.380. The molecule has 2 rings (SSSR count). The van der Waals surface area contributed by atoms with E-state index in [0.29, 0.717) is 0 Å². The van der Waals surface area contributed by atoms with E-state index in [9.17, 15) is 5.11 Å². The van der Waals surface area contributed by atoms with Gasteiger partial charge in [0.2, 0.25) is 0 Å². The summed E-state index contributed by atoms with van der Waals surface area (Å²) >= 11 is 1.90. The first-order valence-electron chi connectivity index (χ1n) is 5.61. The van der Waals surface area contributed by atoms with Crippen molar-refractivity contribution in [3.63, 3.8) is 0 Å². The molecule has 1 N–H and O–H groups in total. The molecule has 84 valence electrons. The molecule has 2 nitrogen and oxygen atoms in total. The zero-order valence-electron chi connectivity index (χ0n) is 9.49. The Labute approximate surface area is 95.5 Å². The van der Waals surface area contributed by atoms with Crippen molar-refractivity contribution in [1.29, 1.82) is 0 Å². The van der Waals surface area contributed by atoms with E-state index in [1.807, 2.05) is 18.3 Å². The molecule has 1 unspecified atom stereocenters. The van der Waals surface area contributed by atoms with Gasteiger partial charge in [0.1, 0.15) is 0 Å². The van der Waals surface area contributed by atoms with Crippen molar-refractivity contribution in [2.45, 2.75) is 38.8 Å². The molecular formula is C12H19NOS. The Morgan fingerprint density at radius 2 is 2.20 bits per heavy atom. The minimum atomic E-state index is -0.467. The van der Waals surface area contributed by atoms with E-state index in [-0.39, 0.29) is 0 Å². The maximum Gasteiger partial charge on any atom is 0.0758 e. The van der Waals surface area contributed by atoms with Crippen molar-refractivity contribution < 1.29 is 5.11 Å². The molecule has 1 aliphatic rings. The highest BCUT2D eigenvalue weighted by Gasteiger charge is 2.31. The van der Waals surface area contributed by atoms with Gasteiger partial charge in [-0.2, -0.15) is 0 Å². The van der Waals surface area contributed by atoms with Crippen LogP contribution in [-0.2, 0) is 13.0 Å². The smallest absolute Gasteiger partial charge is 0.0758 e. The van der Waals surface area contributed by atoms with Crippen molar-refractivity contribution in [3.8, 4) is 0 Å². The standard InChI is InChI=1S/C12H19NOS/c1-3-10-4-5-11(15-10)8-13-7-6-12(2,14)9-13/h4-5,14H,3,6-9H2,1-2H3. The summed E-state index contributed by atoms with van der Waals surface area (Å²) in [6.07, 6.45) is 2.03. The Balaban J connectivity index is 1.92. The molecular weight excluding hydrogens is 206 g/mol. The van der Waals surface area contributed by atoms with Crippen LogP contribution >= 0.6 is 11.3 Å². The third-order valence-electron chi connectivity index (χ3n) is 2.98. The third kappa shape index (κ3) is 2.80. The molecule has 3 heteroatoms. The summed E-state index contributed by atoms with van der Waals surface area (Å²) in [5.41, 5.74) is -0.467. The average molecular weight is 225 g/mol. The molecule has 1 aliphatic heterocycles. The SMILES string of the molecule is CCc1ccc(CN2CCC(C)(O)C2)s1. The molecule has 0 aliphatic carbocycles. The molecule has 0 saturated carbocycles. The zero-order valence-corrected chi connectivity index (χ0v) is 10.3. The van der Waals surface area contributed by atoms with E-state index in [0.717, 1.165) is 32.5 Å². The highest BCUT2D eigenvalue weighted by atomic mass is 32.1. The second-order valence-electron chi connectivity index (χ2n) is 4.68. The third-order valence-corrected chi connectivity index (χ3v) is 4.19. The maximum absolute atomic E-state index is 9.86. The maximum atomic E-state index is 9.86. The fourth-order valence-corrected chi connectivity index (χ4v) is 3.09. The summed E-state index contributed by atoms with van der Waals surface area (Å²) in [4.78, 5) is 5.21. The van der Waals surface area contributed by atoms with Crippen LogP contribution in [0.2, 0.25) is 0 Å². The second-order valence-corrected chi connectivity index (χ2v) is 5.93. The fourth-order valence-electron chi connectivity index (χ4n) is 2.09. The van der Waals surface area contributed by atoms with Crippen LogP contribution in [0.1, 0.15) is 30.0 Å². The van der Waals surface area contributed by atoms with E-state index < -0.39 is 5.60 Å². The van der Waals surface area contributed by atoms with Gasteiger partial charge < -0.3 is 5.11 Å². The number of aryl methyl sites for hydroxylation is 1. The number of nitrogens with zero attached hydrogens (tertiary/aromatic N) is 1. The lowest BCUT2D eigenvalue weighted by Crippen LogP contribution is -2.29. The molecule has 0 amide bonds. The van der Waals surface area contributed by atoms with E-state index >= 15 is 0 Å². The van der Waals surface area contributed by atoms with Gasteiger partial charge in [-0.25, -0.2) is 0 Å². The van der Waals surface area contributed by atoms with Crippen molar-refractivity contribution >= 4 is 11.3 Å². The van der Waals surface area contributed by atoms with E-state index in [1.165, 1.54) is 9.75 Å². The Kier molecular flexibility index (Phi) is 3.14. The molecule has 1 saturated heterocycles. The van der Waals surface area contributed by atoms with Crippen molar-refractivity contribution in [2.24, 2.45) is 0 Å². The quantitative estimate of drug-likeness (QED) is 0.853. The summed E-state index contributed by atoms with van der Waals surface area (Å²) in [6, 6.07) is 4.44. The number of rotatable bonds is 3. The molecule has 0 radical (unpaired) electrons. The Bertz CT molecular complexity index is 332. The highest BCUT2D eigenvalue weighted by Crippen LogP contribution is 2.24. The van der Waals surface area contributed by atoms with E-state index in [1.54, 1.807) is 0 Å². The van der Waals surface area contributed by atoms with Crippen molar-refractivity contribution in [2.75, 3.05) is 13.1 Å². The Morgan fingerprint density at radius 1 is 1.47 bits per heavy atom. The number of aliphatic hydroxyl groups is 1. The fraction of sp³-hybridized carbons (Fsp3) is 0.667. The minimum absolute atomic E-state index is 0.467. The van der Waals surface area contributed by atoms with Crippen LogP contribution in [0.4, 0.5) is 0 Å². The summed E-state index contributed by atoms with van der Waals surface area (Å²) in [7, 11) is 0. The van der Waals surface area contributed by atoms with Gasteiger partial charge in [-0.05, 0) is 31.9 Å². The topological polar surface area (TPSA) is 23.5 Å². The van der Waals surface area contributed by atoms with Crippen LogP contribution in [0.15, 0.2) is 12.1 Å². The van der Waals surface area contributed by atoms with Crippen LogP contribution in [-0.4, -0.2) is 28.7 Å². The van der Waals surface area contributed by atoms with Crippen LogP contribution < -0.4 is 0 Å². The van der Waals surface area contributed by atoms with Gasteiger partial charge in [0.25, 0.3) is 0 Å². The Morgan fingerprint density at radius 3 is 2.73 bits per heavy atom. The van der Waals surface area contributed by atoms with Crippen molar-refractivity contribution in [3.05, 3.63) is 21.9 Å². The molecule has 0 aromatic carbocycles. The van der Waals surface area contributed by atoms with Gasteiger partial charge in [-0.15, -0.1) is 11.3 Å². The van der Waals surface area contributed by atoms with Crippen LogP contribution in [0.5, 0.6) is 0 Å². The molecule has 15 heavy (non-hydrogen) atoms. The molecule has 1 aromatic rings. The summed E-state index contributed by atoms with van der Waals surface area (Å²) in [5, 5.41) is 9.86. The predicted molar refractivity (Wildman–Crippen MR) is 64.2 cm³/mol. The molecule has 1 fully saturated rings. The first kappa shape index (κ1) is 11.1. The predicted octanol–water partition coefficient (Wildman–Crippen LogP) is 2.27. The lowest BCUT2D eigenvalue weighted by Gasteiger charge is -2.17. The summed E-state index contributed by atoms with van der Waals surface area (Å²) in [5.74, 6) is 0. The minimum Gasteiger partial charge on any atom is -0.389 e. The van der Waals surface area contributed by atoms with E-state index in [2.05, 4.69) is 24.0 Å². The average Bonchev–Trinajstić information content (AvgIpc) is 2.73. The molecule has 0 bridgehead atoms. The monoisotopic (exact) mass is 225 g/mol. The lowest BCUT2D eigenvalue weighted by atomic mass is 10.1. The zero-order chi connectivity index (χ0) is 10.9. The number of thiophene rings is 1. The van der Waals surface area contributed by atoms with Crippen LogP contribution in [0, 0.1) is 0 Å². The molecule has 2 heterocycles. The second kappa shape index (κ2) is 4.24. The molecule has 1 atom stereocenters. The largest absolute Gasteiger partial charge is 0.389 e. The van der Waals surface area contributed by atoms with Gasteiger partial charge in [0, 0.05) is 29.4 Å². The van der Waals surface area contributed by atoms with E-state index in [4.69, 9.17) is 0 Å².